The number of benzene rings is 1. The Labute approximate surface area is 130 Å². The number of piperazine rings is 1. The number of hydrogen-bond donors (Lipinski definition) is 1. The molecule has 1 aromatic carbocycles. The van der Waals surface area contributed by atoms with E-state index in [2.05, 4.69) is 4.90 Å². The third kappa shape index (κ3) is 2.74. The van der Waals surface area contributed by atoms with Gasteiger partial charge in [0.2, 0.25) is 0 Å². The van der Waals surface area contributed by atoms with Gasteiger partial charge in [-0.2, -0.15) is 0 Å². The summed E-state index contributed by atoms with van der Waals surface area (Å²) in [6.45, 7) is 4.69. The molecule has 1 aliphatic heterocycles. The highest BCUT2D eigenvalue weighted by molar-refractivity contribution is 5.95. The molecule has 0 aliphatic carbocycles. The molecule has 1 aromatic heterocycles. The summed E-state index contributed by atoms with van der Waals surface area (Å²) < 4.78 is 1.12. The fourth-order valence-electron chi connectivity index (χ4n) is 2.80. The van der Waals surface area contributed by atoms with Crippen LogP contribution in [0.3, 0.4) is 0 Å². The molecule has 114 valence electrons. The number of anilines is 1. The molecule has 1 aliphatic rings. The molecule has 1 amide bonds. The molecule has 0 atom stereocenters. The second kappa shape index (κ2) is 6.05. The van der Waals surface area contributed by atoms with Gasteiger partial charge in [-0.1, -0.05) is 29.0 Å². The van der Waals surface area contributed by atoms with Crippen LogP contribution in [0.25, 0.3) is 0 Å². The Morgan fingerprint density at radius 3 is 2.41 bits per heavy atom. The van der Waals surface area contributed by atoms with Crippen LogP contribution < -0.4 is 9.63 Å². The van der Waals surface area contributed by atoms with Crippen LogP contribution in [0.2, 0.25) is 0 Å². The Hall–Kier alpha value is -2.56. The van der Waals surface area contributed by atoms with Crippen LogP contribution in [0.15, 0.2) is 48.7 Å². The van der Waals surface area contributed by atoms with Gasteiger partial charge >= 0.3 is 5.82 Å². The number of carbonyl (C=O) groups is 1. The van der Waals surface area contributed by atoms with Crippen molar-refractivity contribution in [3.8, 4) is 0 Å². The predicted molar refractivity (Wildman–Crippen MR) is 83.1 cm³/mol. The average molecular weight is 298 g/mol. The summed E-state index contributed by atoms with van der Waals surface area (Å²) in [5.41, 5.74) is 1.78. The fourth-order valence-corrected chi connectivity index (χ4v) is 2.80. The zero-order chi connectivity index (χ0) is 15.5. The number of aromatic nitrogens is 1. The molecule has 2 aromatic rings. The maximum atomic E-state index is 12.6. The van der Waals surface area contributed by atoms with Crippen molar-refractivity contribution in [1.82, 2.24) is 4.90 Å². The summed E-state index contributed by atoms with van der Waals surface area (Å²) in [6, 6.07) is 13.2. The molecule has 5 nitrogen and oxygen atoms in total. The van der Waals surface area contributed by atoms with Crippen LogP contribution in [0.4, 0.5) is 5.82 Å². The molecule has 2 heterocycles. The molecule has 22 heavy (non-hydrogen) atoms. The molecule has 3 rings (SSSR count). The van der Waals surface area contributed by atoms with Crippen molar-refractivity contribution in [2.24, 2.45) is 0 Å². The summed E-state index contributed by atoms with van der Waals surface area (Å²) in [6.07, 6.45) is 1.61. The Balaban J connectivity index is 1.68. The minimum atomic E-state index is 0.0858. The molecule has 0 radical (unpaired) electrons. The first-order valence-corrected chi connectivity index (χ1v) is 7.46. The van der Waals surface area contributed by atoms with Crippen molar-refractivity contribution in [3.05, 3.63) is 59.8 Å². The largest absolute Gasteiger partial charge is 0.350 e. The normalized spacial score (nSPS) is 15.0. The van der Waals surface area contributed by atoms with Crippen LogP contribution >= 0.6 is 0 Å². The van der Waals surface area contributed by atoms with E-state index < -0.39 is 0 Å². The number of carbonyl (C=O) groups excluding carboxylic acids is 1. The molecular formula is C17H20N3O2+. The van der Waals surface area contributed by atoms with E-state index in [-0.39, 0.29) is 5.91 Å². The smallest absolute Gasteiger partial charge is 0.316 e. The lowest BCUT2D eigenvalue weighted by atomic mass is 10.1. The first-order chi connectivity index (χ1) is 10.7. The molecule has 1 fully saturated rings. The molecular weight excluding hydrogens is 278 g/mol. The minimum Gasteiger partial charge on any atom is -0.350 e. The highest BCUT2D eigenvalue weighted by Crippen LogP contribution is 2.15. The lowest BCUT2D eigenvalue weighted by Gasteiger charge is -2.31. The second-order valence-electron chi connectivity index (χ2n) is 5.50. The summed E-state index contributed by atoms with van der Waals surface area (Å²) in [4.78, 5) is 16.5. The number of rotatable bonds is 2. The van der Waals surface area contributed by atoms with Crippen LogP contribution in [0.1, 0.15) is 15.9 Å². The molecule has 1 N–H and O–H groups in total. The number of pyridine rings is 1. The van der Waals surface area contributed by atoms with E-state index in [0.29, 0.717) is 26.2 Å². The first-order valence-electron chi connectivity index (χ1n) is 7.46. The van der Waals surface area contributed by atoms with E-state index in [9.17, 15) is 10.0 Å². The number of hydrogen-bond acceptors (Lipinski definition) is 3. The Morgan fingerprint density at radius 1 is 1.05 bits per heavy atom. The van der Waals surface area contributed by atoms with Gasteiger partial charge in [-0.05, 0) is 24.6 Å². The number of aryl methyl sites for hydroxylation is 1. The van der Waals surface area contributed by atoms with Gasteiger partial charge in [-0.3, -0.25) is 9.69 Å². The Kier molecular flexibility index (Phi) is 3.96. The molecule has 1 saturated heterocycles. The van der Waals surface area contributed by atoms with Gasteiger partial charge in [-0.25, -0.2) is 0 Å². The lowest BCUT2D eigenvalue weighted by Crippen LogP contribution is -2.52. The van der Waals surface area contributed by atoms with E-state index in [0.717, 1.165) is 21.7 Å². The summed E-state index contributed by atoms with van der Waals surface area (Å²) >= 11 is 0. The average Bonchev–Trinajstić information content (AvgIpc) is 2.55. The summed E-state index contributed by atoms with van der Waals surface area (Å²) in [5.74, 6) is 0.841. The van der Waals surface area contributed by atoms with Crippen molar-refractivity contribution in [2.75, 3.05) is 31.1 Å². The Bertz CT molecular complexity index is 679. The van der Waals surface area contributed by atoms with Crippen molar-refractivity contribution in [1.29, 1.82) is 0 Å². The Morgan fingerprint density at radius 2 is 1.73 bits per heavy atom. The van der Waals surface area contributed by atoms with Crippen molar-refractivity contribution >= 4 is 11.7 Å². The van der Waals surface area contributed by atoms with E-state index in [1.807, 2.05) is 48.2 Å². The second-order valence-corrected chi connectivity index (χ2v) is 5.50. The SMILES string of the molecule is Cc1ccccc1C(=O)N1CCN(c2cccc[n+]2O)CC1. The molecule has 0 bridgehead atoms. The maximum absolute atomic E-state index is 12.6. The van der Waals surface area contributed by atoms with Crippen molar-refractivity contribution in [2.45, 2.75) is 6.92 Å². The highest BCUT2D eigenvalue weighted by Gasteiger charge is 2.28. The van der Waals surface area contributed by atoms with Crippen LogP contribution in [0.5, 0.6) is 0 Å². The highest BCUT2D eigenvalue weighted by atomic mass is 16.5. The van der Waals surface area contributed by atoms with Crippen LogP contribution in [-0.2, 0) is 0 Å². The first kappa shape index (κ1) is 14.4. The zero-order valence-corrected chi connectivity index (χ0v) is 12.6. The fraction of sp³-hybridized carbons (Fsp3) is 0.294. The monoisotopic (exact) mass is 298 g/mol. The molecule has 0 spiro atoms. The van der Waals surface area contributed by atoms with Crippen molar-refractivity contribution in [3.63, 3.8) is 0 Å². The zero-order valence-electron chi connectivity index (χ0n) is 12.6. The molecule has 5 heteroatoms. The molecule has 0 unspecified atom stereocenters. The van der Waals surface area contributed by atoms with Gasteiger partial charge in [-0.15, -0.1) is 0 Å². The third-order valence-electron chi connectivity index (χ3n) is 4.08. The number of nitrogens with zero attached hydrogens (tertiary/aromatic N) is 3. The lowest BCUT2D eigenvalue weighted by molar-refractivity contribution is -0.894. The summed E-state index contributed by atoms with van der Waals surface area (Å²) in [5, 5.41) is 9.85. The van der Waals surface area contributed by atoms with Crippen molar-refractivity contribution < 1.29 is 14.7 Å². The van der Waals surface area contributed by atoms with E-state index in [4.69, 9.17) is 0 Å². The minimum absolute atomic E-state index is 0.0858. The standard InChI is InChI=1S/C17H20N3O2/c1-14-6-2-3-7-15(14)17(21)19-12-10-18(11-13-19)16-8-4-5-9-20(16)22/h2-9,22H,10-13H2,1H3/q+1. The van der Waals surface area contributed by atoms with Gasteiger partial charge in [0.25, 0.3) is 5.91 Å². The predicted octanol–water partition coefficient (Wildman–Crippen LogP) is 1.48. The topological polar surface area (TPSA) is 47.7 Å². The maximum Gasteiger partial charge on any atom is 0.316 e. The third-order valence-corrected chi connectivity index (χ3v) is 4.08. The van der Waals surface area contributed by atoms with E-state index >= 15 is 0 Å². The van der Waals surface area contributed by atoms with E-state index in [1.54, 1.807) is 12.3 Å². The summed E-state index contributed by atoms with van der Waals surface area (Å²) in [7, 11) is 0. The van der Waals surface area contributed by atoms with Gasteiger partial charge < -0.3 is 10.1 Å². The van der Waals surface area contributed by atoms with Gasteiger partial charge in [0.05, 0.1) is 13.1 Å². The number of amides is 1. The van der Waals surface area contributed by atoms with Gasteiger partial charge in [0.15, 0.2) is 0 Å². The molecule has 0 saturated carbocycles. The van der Waals surface area contributed by atoms with Crippen LogP contribution in [-0.4, -0.2) is 42.2 Å². The quantitative estimate of drug-likeness (QED) is 0.675. The van der Waals surface area contributed by atoms with Gasteiger partial charge in [0, 0.05) is 11.6 Å². The van der Waals surface area contributed by atoms with Gasteiger partial charge in [0.1, 0.15) is 19.3 Å². The van der Waals surface area contributed by atoms with Crippen LogP contribution in [0, 0.1) is 6.92 Å². The van der Waals surface area contributed by atoms with E-state index in [1.165, 1.54) is 0 Å².